The number of hydrogen-bond acceptors (Lipinski definition) is 21. The minimum Gasteiger partial charge on any atom is -0.382 e. The standard InChI is InChI=1S/C17H23B3N9O4.C9H13BN6O2.C8H10B2N3O2.C8H10BN3O2.CH3N3/c1-28-6-10(23-26-28)2-14-12(4-16(18)32-14)31-9-29-7-11(24-27-29)3-15-13(30-8-22-25-21)5-17(20-19)33-15;1-16-4-6(13-15-16)2-8-7(3-9(10)18-8)17-5-12-14-11;1-2-3-6-7(14-5-12-13-11)4-8(10-9)15-6;1-2-3-6-7(4-8(9)14-6)13-5-11-12-10;1-3-4-2/h6-7,12-17H,2-5,8-9H2,1H3;4,7-9H,2-3,5H2,1H3;1,6-8H,3-5H2;1,6-8H,3-5H2;1H3. The van der Waals surface area contributed by atoms with Crippen molar-refractivity contribution in [2.24, 2.45) is 39.7 Å². The highest BCUT2D eigenvalue weighted by atomic mass is 16.6. The van der Waals surface area contributed by atoms with Gasteiger partial charge in [0.1, 0.15) is 57.2 Å². The van der Waals surface area contributed by atoms with E-state index >= 15 is 0 Å². The lowest BCUT2D eigenvalue weighted by Crippen LogP contribution is -2.28. The summed E-state index contributed by atoms with van der Waals surface area (Å²) in [4.78, 5) is 12.9. The summed E-state index contributed by atoms with van der Waals surface area (Å²) in [6, 6.07) is -1.47. The molecule has 34 nitrogen and oxygen atoms in total. The first-order valence-electron chi connectivity index (χ1n) is 25.9. The Balaban J connectivity index is 0.000000252. The Morgan fingerprint density at radius 1 is 0.536 bits per heavy atom. The molecule has 41 heteroatoms. The molecule has 0 N–H and O–H groups in total. The second kappa shape index (κ2) is 39.6. The van der Waals surface area contributed by atoms with Crippen molar-refractivity contribution in [3.63, 3.8) is 0 Å². The number of nitrogens with zero attached hydrogens (tertiary/aromatic N) is 24. The quantitative estimate of drug-likeness (QED) is 0.0385. The lowest BCUT2D eigenvalue weighted by atomic mass is 9.51. The summed E-state index contributed by atoms with van der Waals surface area (Å²) in [6.45, 7) is 0.0852. The number of azide groups is 5. The van der Waals surface area contributed by atoms with E-state index in [1.165, 1.54) is 21.4 Å². The smallest absolute Gasteiger partial charge is 0.141 e. The Bertz CT molecular complexity index is 2750. The van der Waals surface area contributed by atoms with Gasteiger partial charge in [-0.3, -0.25) is 9.36 Å². The van der Waals surface area contributed by atoms with Gasteiger partial charge in [-0.25, -0.2) is 4.68 Å². The van der Waals surface area contributed by atoms with E-state index in [2.05, 4.69) is 92.9 Å². The Labute approximate surface area is 492 Å². The Morgan fingerprint density at radius 2 is 0.869 bits per heavy atom. The van der Waals surface area contributed by atoms with E-state index in [1.807, 2.05) is 19.4 Å². The molecule has 3 aromatic rings. The molecule has 12 radical (unpaired) electrons. The molecule has 8 rings (SSSR count). The predicted octanol–water partition coefficient (Wildman–Crippen LogP) is 2.11. The third-order valence-corrected chi connectivity index (χ3v) is 12.5. The molecule has 432 valence electrons. The Kier molecular flexibility index (Phi) is 32.9. The third-order valence-electron chi connectivity index (χ3n) is 12.5. The second-order valence-electron chi connectivity index (χ2n) is 18.5. The van der Waals surface area contributed by atoms with Gasteiger partial charge < -0.3 is 47.4 Å². The predicted molar refractivity (Wildman–Crippen MR) is 302 cm³/mol. The minimum absolute atomic E-state index is 0.0110. The topological polar surface area (TPSA) is 428 Å². The molecular formula is C43H59B7N24O10. The molecule has 5 aliphatic heterocycles. The number of aromatic nitrogens is 9. The van der Waals surface area contributed by atoms with Crippen LogP contribution in [0, 0.1) is 24.7 Å². The summed E-state index contributed by atoms with van der Waals surface area (Å²) in [6.07, 6.45) is 19.2. The van der Waals surface area contributed by atoms with Crippen molar-refractivity contribution in [1.82, 2.24) is 45.0 Å². The van der Waals surface area contributed by atoms with Gasteiger partial charge in [0.25, 0.3) is 0 Å². The fraction of sp³-hybridized carbons (Fsp3) is 0.767. The Morgan fingerprint density at radius 3 is 1.25 bits per heavy atom. The molecule has 3 aromatic heterocycles. The van der Waals surface area contributed by atoms with Crippen LogP contribution < -0.4 is 0 Å². The summed E-state index contributed by atoms with van der Waals surface area (Å²) in [5.41, 5.74) is 42.5. The normalized spacial score (nSPS) is 27.8. The van der Waals surface area contributed by atoms with E-state index in [4.69, 9.17) is 127 Å². The fourth-order valence-electron chi connectivity index (χ4n) is 8.88. The molecule has 0 bridgehead atoms. The third kappa shape index (κ3) is 25.2. The van der Waals surface area contributed by atoms with Gasteiger partial charge in [0.2, 0.25) is 0 Å². The molecule has 0 spiro atoms. The average molecular weight is 1150 g/mol. The van der Waals surface area contributed by atoms with Crippen LogP contribution in [0.2, 0.25) is 0 Å². The van der Waals surface area contributed by atoms with Gasteiger partial charge in [0.15, 0.2) is 0 Å². The van der Waals surface area contributed by atoms with Crippen molar-refractivity contribution < 1.29 is 47.4 Å². The minimum atomic E-state index is -0.392. The lowest BCUT2D eigenvalue weighted by molar-refractivity contribution is -0.0440. The zero-order chi connectivity index (χ0) is 61.1. The first-order chi connectivity index (χ1) is 40.7. The van der Waals surface area contributed by atoms with Crippen LogP contribution in [0.4, 0.5) is 0 Å². The molecular weight excluding hydrogens is 1090 g/mol. The molecule has 5 saturated heterocycles. The van der Waals surface area contributed by atoms with Crippen LogP contribution >= 0.6 is 0 Å². The molecule has 84 heavy (non-hydrogen) atoms. The maximum Gasteiger partial charge on any atom is 0.141 e. The van der Waals surface area contributed by atoms with Crippen molar-refractivity contribution >= 4 is 53.4 Å². The molecule has 0 aromatic carbocycles. The van der Waals surface area contributed by atoms with Crippen LogP contribution in [-0.2, 0) is 87.5 Å². The highest BCUT2D eigenvalue weighted by Crippen LogP contribution is 2.29. The zero-order valence-corrected chi connectivity index (χ0v) is 46.5. The van der Waals surface area contributed by atoms with Gasteiger partial charge in [-0.1, -0.05) is 41.2 Å². The largest absolute Gasteiger partial charge is 0.382 e. The molecule has 0 aliphatic carbocycles. The SMILES string of the molecule is CN=[N+]=[N-].[B]C1CC(OCN=[N+]=[N-])C(CC#C)O1.[B]C1CC(OCN=[N+]=[N-])C(Cc2cn(C)nn2)O1.[B][B]C1CC(OCN=[N+]=[N-])C(CC#C)O1.[B][B]C1CC(OCN=[N+]=[N-])C(Cc2cn(COC3CC([B])OC3Cc3cn(C)nn3)nn2)O1. The summed E-state index contributed by atoms with van der Waals surface area (Å²) >= 11 is 0. The zero-order valence-electron chi connectivity index (χ0n) is 46.5. The van der Waals surface area contributed by atoms with Crippen LogP contribution in [0.1, 0.15) is 62.0 Å². The van der Waals surface area contributed by atoms with E-state index < -0.39 is 6.00 Å². The molecule has 0 amide bonds. The number of rotatable bonds is 25. The molecule has 5 aliphatic rings. The molecule has 15 atom stereocenters. The van der Waals surface area contributed by atoms with Crippen LogP contribution in [-0.4, -0.2) is 223 Å². The van der Waals surface area contributed by atoms with Gasteiger partial charge in [-0.2, -0.15) is 0 Å². The van der Waals surface area contributed by atoms with Crippen LogP contribution in [0.15, 0.2) is 44.2 Å². The number of terminal acetylenes is 2. The van der Waals surface area contributed by atoms with Crippen LogP contribution in [0.3, 0.4) is 0 Å². The first kappa shape index (κ1) is 69.6. The summed E-state index contributed by atoms with van der Waals surface area (Å²) in [5.74, 6) is 5.00. The highest BCUT2D eigenvalue weighted by Gasteiger charge is 2.38. The maximum absolute atomic E-state index is 8.44. The van der Waals surface area contributed by atoms with E-state index in [0.717, 1.165) is 11.4 Å². The summed E-state index contributed by atoms with van der Waals surface area (Å²) in [5, 5.41) is 40.5. The molecule has 8 heterocycles. The van der Waals surface area contributed by atoms with Gasteiger partial charge >= 0.3 is 0 Å². The second-order valence-corrected chi connectivity index (χ2v) is 18.5. The number of ether oxygens (including phenoxy) is 10. The average Bonchev–Trinajstić information content (AvgIpc) is 4.55. The van der Waals surface area contributed by atoms with Crippen molar-refractivity contribution in [2.75, 3.05) is 34.0 Å². The van der Waals surface area contributed by atoms with Crippen molar-refractivity contribution in [3.8, 4) is 24.7 Å². The monoisotopic (exact) mass is 1150 g/mol. The van der Waals surface area contributed by atoms with Gasteiger partial charge in [0, 0.05) is 136 Å². The molecule has 5 fully saturated rings. The highest BCUT2D eigenvalue weighted by molar-refractivity contribution is 6.90. The van der Waals surface area contributed by atoms with Gasteiger partial charge in [-0.05, 0) is 59.8 Å². The molecule has 0 saturated carbocycles. The van der Waals surface area contributed by atoms with Crippen LogP contribution in [0.5, 0.6) is 0 Å². The Hall–Kier alpha value is -6.86. The van der Waals surface area contributed by atoms with Gasteiger partial charge in [-0.15, -0.1) is 40.0 Å². The maximum atomic E-state index is 8.44. The van der Waals surface area contributed by atoms with E-state index in [-0.39, 0.29) is 119 Å². The fourth-order valence-corrected chi connectivity index (χ4v) is 8.88. The van der Waals surface area contributed by atoms with Crippen molar-refractivity contribution in [1.29, 1.82) is 0 Å². The van der Waals surface area contributed by atoms with Crippen molar-refractivity contribution in [2.45, 2.75) is 162 Å². The number of aryl methyl sites for hydroxylation is 2. The summed E-state index contributed by atoms with van der Waals surface area (Å²) in [7, 11) is 36.2. The summed E-state index contributed by atoms with van der Waals surface area (Å²) < 4.78 is 60.6. The van der Waals surface area contributed by atoms with E-state index in [1.54, 1.807) is 27.3 Å². The van der Waals surface area contributed by atoms with Crippen molar-refractivity contribution in [3.05, 3.63) is 87.9 Å². The van der Waals surface area contributed by atoms with Crippen LogP contribution in [0.25, 0.3) is 52.2 Å². The van der Waals surface area contributed by atoms with E-state index in [0.29, 0.717) is 69.9 Å². The van der Waals surface area contributed by atoms with Gasteiger partial charge in [0.05, 0.1) is 98.7 Å². The number of hydrogen-bond donors (Lipinski definition) is 0. The van der Waals surface area contributed by atoms with E-state index in [9.17, 15) is 0 Å². The first-order valence-corrected chi connectivity index (χ1v) is 25.9. The lowest BCUT2D eigenvalue weighted by Gasteiger charge is -2.18. The molecule has 15 unspecified atom stereocenters.